The van der Waals surface area contributed by atoms with Crippen LogP contribution in [0.2, 0.25) is 0 Å². The molecule has 3 rings (SSSR count). The normalized spacial score (nSPS) is 24.7. The van der Waals surface area contributed by atoms with Crippen molar-refractivity contribution >= 4 is 11.8 Å². The number of halogens is 1. The summed E-state index contributed by atoms with van der Waals surface area (Å²) in [5, 5.41) is 3.17. The SMILES string of the molecule is CC1(C)NC(CC(F)CN2C(=O)c3ccccc3C2=O)CO1. The molecule has 22 heavy (non-hydrogen) atoms. The standard InChI is InChI=1S/C16H19FN2O3/c1-16(2)18-11(9-22-16)7-10(17)8-19-14(20)12-5-3-4-6-13(12)15(19)21/h3-6,10-11,18H,7-9H2,1-2H3. The third kappa shape index (κ3) is 2.76. The maximum atomic E-state index is 14.3. The Balaban J connectivity index is 1.62. The average molecular weight is 306 g/mol. The highest BCUT2D eigenvalue weighted by Gasteiger charge is 2.38. The Kier molecular flexibility index (Phi) is 3.74. The number of hydrogen-bond donors (Lipinski definition) is 1. The van der Waals surface area contributed by atoms with Crippen molar-refractivity contribution < 1.29 is 18.7 Å². The molecular weight excluding hydrogens is 287 g/mol. The largest absolute Gasteiger partial charge is 0.360 e. The number of carbonyl (C=O) groups excluding carboxylic acids is 2. The van der Waals surface area contributed by atoms with E-state index < -0.39 is 23.7 Å². The maximum absolute atomic E-state index is 14.3. The van der Waals surface area contributed by atoms with Crippen LogP contribution in [0.3, 0.4) is 0 Å². The van der Waals surface area contributed by atoms with Gasteiger partial charge in [0.1, 0.15) is 11.9 Å². The van der Waals surface area contributed by atoms with Gasteiger partial charge < -0.3 is 4.74 Å². The van der Waals surface area contributed by atoms with E-state index in [4.69, 9.17) is 4.74 Å². The van der Waals surface area contributed by atoms with Crippen LogP contribution in [0, 0.1) is 0 Å². The lowest BCUT2D eigenvalue weighted by Gasteiger charge is -2.21. The Bertz CT molecular complexity index is 582. The van der Waals surface area contributed by atoms with Gasteiger partial charge in [0.25, 0.3) is 11.8 Å². The van der Waals surface area contributed by atoms with Gasteiger partial charge in [0.15, 0.2) is 0 Å². The van der Waals surface area contributed by atoms with E-state index in [0.717, 1.165) is 4.90 Å². The first-order valence-corrected chi connectivity index (χ1v) is 7.38. The van der Waals surface area contributed by atoms with Gasteiger partial charge in [-0.05, 0) is 32.4 Å². The molecule has 6 heteroatoms. The molecule has 2 atom stereocenters. The van der Waals surface area contributed by atoms with Crippen LogP contribution in [0.25, 0.3) is 0 Å². The van der Waals surface area contributed by atoms with E-state index in [2.05, 4.69) is 5.32 Å². The molecule has 0 spiro atoms. The number of hydrogen-bond acceptors (Lipinski definition) is 4. The molecule has 2 heterocycles. The van der Waals surface area contributed by atoms with Crippen LogP contribution >= 0.6 is 0 Å². The van der Waals surface area contributed by atoms with Gasteiger partial charge in [0, 0.05) is 6.04 Å². The fraction of sp³-hybridized carbons (Fsp3) is 0.500. The Morgan fingerprint density at radius 1 is 1.32 bits per heavy atom. The predicted molar refractivity (Wildman–Crippen MR) is 78.3 cm³/mol. The Morgan fingerprint density at radius 3 is 2.41 bits per heavy atom. The highest BCUT2D eigenvalue weighted by molar-refractivity contribution is 6.21. The van der Waals surface area contributed by atoms with Gasteiger partial charge in [-0.25, -0.2) is 4.39 Å². The summed E-state index contributed by atoms with van der Waals surface area (Å²) in [7, 11) is 0. The van der Waals surface area contributed by atoms with Crippen LogP contribution in [-0.2, 0) is 4.74 Å². The number of carbonyl (C=O) groups is 2. The van der Waals surface area contributed by atoms with Crippen LogP contribution in [0.5, 0.6) is 0 Å². The molecule has 1 N–H and O–H groups in total. The fourth-order valence-corrected chi connectivity index (χ4v) is 3.00. The van der Waals surface area contributed by atoms with Crippen molar-refractivity contribution in [2.24, 2.45) is 0 Å². The highest BCUT2D eigenvalue weighted by atomic mass is 19.1. The summed E-state index contributed by atoms with van der Waals surface area (Å²) in [5.41, 5.74) is 0.242. The number of rotatable bonds is 4. The molecule has 1 aromatic rings. The number of ether oxygens (including phenoxy) is 1. The van der Waals surface area contributed by atoms with E-state index in [0.29, 0.717) is 17.7 Å². The van der Waals surface area contributed by atoms with E-state index in [1.54, 1.807) is 24.3 Å². The maximum Gasteiger partial charge on any atom is 0.261 e. The summed E-state index contributed by atoms with van der Waals surface area (Å²) in [6, 6.07) is 6.47. The predicted octanol–water partition coefficient (Wildman–Crippen LogP) is 1.74. The molecule has 2 aliphatic heterocycles. The van der Waals surface area contributed by atoms with Crippen molar-refractivity contribution in [3.05, 3.63) is 35.4 Å². The minimum atomic E-state index is -1.28. The van der Waals surface area contributed by atoms with Crippen LogP contribution < -0.4 is 5.32 Å². The summed E-state index contributed by atoms with van der Waals surface area (Å²) in [6.07, 6.45) is -1.08. The Labute approximate surface area is 128 Å². The first-order valence-electron chi connectivity index (χ1n) is 7.38. The van der Waals surface area contributed by atoms with Gasteiger partial charge in [-0.1, -0.05) is 12.1 Å². The number of fused-ring (bicyclic) bond motifs is 1. The van der Waals surface area contributed by atoms with Crippen LogP contribution in [-0.4, -0.2) is 47.8 Å². The molecule has 0 radical (unpaired) electrons. The second-order valence-electron chi connectivity index (χ2n) is 6.26. The summed E-state index contributed by atoms with van der Waals surface area (Å²) < 4.78 is 19.8. The highest BCUT2D eigenvalue weighted by Crippen LogP contribution is 2.24. The molecule has 0 bridgehead atoms. The number of alkyl halides is 1. The van der Waals surface area contributed by atoms with Gasteiger partial charge in [0.2, 0.25) is 0 Å². The van der Waals surface area contributed by atoms with Crippen molar-refractivity contribution in [3.8, 4) is 0 Å². The van der Waals surface area contributed by atoms with E-state index in [1.807, 2.05) is 13.8 Å². The van der Waals surface area contributed by atoms with Gasteiger partial charge in [-0.3, -0.25) is 19.8 Å². The third-order valence-corrected chi connectivity index (χ3v) is 4.00. The molecule has 1 fully saturated rings. The van der Waals surface area contributed by atoms with Crippen molar-refractivity contribution in [1.29, 1.82) is 0 Å². The summed E-state index contributed by atoms with van der Waals surface area (Å²) in [6.45, 7) is 3.97. The number of amides is 2. The zero-order valence-electron chi connectivity index (χ0n) is 12.6. The number of nitrogens with zero attached hydrogens (tertiary/aromatic N) is 1. The minimum Gasteiger partial charge on any atom is -0.360 e. The lowest BCUT2D eigenvalue weighted by atomic mass is 10.1. The molecule has 0 aliphatic carbocycles. The zero-order valence-corrected chi connectivity index (χ0v) is 12.6. The molecule has 1 aromatic carbocycles. The molecular formula is C16H19FN2O3. The van der Waals surface area contributed by atoms with Crippen molar-refractivity contribution in [2.75, 3.05) is 13.2 Å². The summed E-state index contributed by atoms with van der Waals surface area (Å²) >= 11 is 0. The number of imide groups is 1. The lowest BCUT2D eigenvalue weighted by Crippen LogP contribution is -2.42. The molecule has 2 aliphatic rings. The second kappa shape index (κ2) is 5.44. The fourth-order valence-electron chi connectivity index (χ4n) is 3.00. The second-order valence-corrected chi connectivity index (χ2v) is 6.26. The van der Waals surface area contributed by atoms with Crippen LogP contribution in [0.4, 0.5) is 4.39 Å². The van der Waals surface area contributed by atoms with E-state index in [-0.39, 0.29) is 19.0 Å². The molecule has 0 aromatic heterocycles. The first kappa shape index (κ1) is 15.1. The van der Waals surface area contributed by atoms with E-state index in [9.17, 15) is 14.0 Å². The van der Waals surface area contributed by atoms with Crippen molar-refractivity contribution in [1.82, 2.24) is 10.2 Å². The molecule has 2 unspecified atom stereocenters. The van der Waals surface area contributed by atoms with Crippen LogP contribution in [0.15, 0.2) is 24.3 Å². The van der Waals surface area contributed by atoms with Crippen molar-refractivity contribution in [3.63, 3.8) is 0 Å². The lowest BCUT2D eigenvalue weighted by molar-refractivity contribution is 0.0230. The number of benzene rings is 1. The van der Waals surface area contributed by atoms with Crippen molar-refractivity contribution in [2.45, 2.75) is 38.2 Å². The van der Waals surface area contributed by atoms with Gasteiger partial charge in [0.05, 0.1) is 24.3 Å². The minimum absolute atomic E-state index is 0.111. The Morgan fingerprint density at radius 2 is 1.91 bits per heavy atom. The quantitative estimate of drug-likeness (QED) is 0.861. The van der Waals surface area contributed by atoms with Gasteiger partial charge in [-0.2, -0.15) is 0 Å². The van der Waals surface area contributed by atoms with Crippen LogP contribution in [0.1, 0.15) is 41.0 Å². The molecule has 118 valence electrons. The third-order valence-electron chi connectivity index (χ3n) is 4.00. The molecule has 1 saturated heterocycles. The molecule has 5 nitrogen and oxygen atoms in total. The summed E-state index contributed by atoms with van der Waals surface area (Å²) in [4.78, 5) is 25.4. The van der Waals surface area contributed by atoms with E-state index >= 15 is 0 Å². The van der Waals surface area contributed by atoms with Gasteiger partial charge in [-0.15, -0.1) is 0 Å². The number of nitrogens with one attached hydrogen (secondary N) is 1. The van der Waals surface area contributed by atoms with E-state index in [1.165, 1.54) is 0 Å². The molecule has 0 saturated carbocycles. The average Bonchev–Trinajstić information content (AvgIpc) is 2.92. The zero-order chi connectivity index (χ0) is 15.9. The van der Waals surface area contributed by atoms with Gasteiger partial charge >= 0.3 is 0 Å². The topological polar surface area (TPSA) is 58.6 Å². The first-order chi connectivity index (χ1) is 10.4. The smallest absolute Gasteiger partial charge is 0.261 e. The Hall–Kier alpha value is -1.79. The summed E-state index contributed by atoms with van der Waals surface area (Å²) in [5.74, 6) is -0.835. The monoisotopic (exact) mass is 306 g/mol. The molecule has 2 amide bonds.